The Balaban J connectivity index is 2.01. The van der Waals surface area contributed by atoms with E-state index in [4.69, 9.17) is 4.74 Å². The first-order valence-electron chi connectivity index (χ1n) is 6.81. The van der Waals surface area contributed by atoms with Crippen LogP contribution in [0.25, 0.3) is 0 Å². The molecule has 0 aromatic heterocycles. The fourth-order valence-corrected chi connectivity index (χ4v) is 2.58. The van der Waals surface area contributed by atoms with Crippen LogP contribution in [0.2, 0.25) is 0 Å². The molecule has 17 heavy (non-hydrogen) atoms. The summed E-state index contributed by atoms with van der Waals surface area (Å²) >= 11 is 0. The molecule has 1 N–H and O–H groups in total. The number of hydrogen-bond acceptors (Lipinski definition) is 2. The van der Waals surface area contributed by atoms with Crippen LogP contribution >= 0.6 is 0 Å². The Labute approximate surface area is 104 Å². The van der Waals surface area contributed by atoms with Crippen molar-refractivity contribution in [1.82, 2.24) is 5.32 Å². The van der Waals surface area contributed by atoms with E-state index in [1.807, 2.05) is 0 Å². The monoisotopic (exact) mass is 233 g/mol. The second-order valence-corrected chi connectivity index (χ2v) is 4.81. The zero-order valence-electron chi connectivity index (χ0n) is 10.9. The maximum atomic E-state index is 5.61. The minimum absolute atomic E-state index is 0.542. The molecule has 2 heteroatoms. The first kappa shape index (κ1) is 12.4. The van der Waals surface area contributed by atoms with Crippen molar-refractivity contribution < 1.29 is 4.74 Å². The van der Waals surface area contributed by atoms with Crippen molar-refractivity contribution >= 4 is 0 Å². The highest BCUT2D eigenvalue weighted by atomic mass is 16.5. The van der Waals surface area contributed by atoms with Crippen molar-refractivity contribution in [3.05, 3.63) is 29.8 Å². The second kappa shape index (κ2) is 6.06. The SMILES string of the molecule is CCCOc1ccc(C2NCCC2CC)cc1. The van der Waals surface area contributed by atoms with Crippen LogP contribution < -0.4 is 10.1 Å². The molecule has 1 aliphatic rings. The number of rotatable bonds is 5. The fourth-order valence-electron chi connectivity index (χ4n) is 2.58. The molecule has 0 radical (unpaired) electrons. The van der Waals surface area contributed by atoms with Crippen molar-refractivity contribution in [3.63, 3.8) is 0 Å². The average Bonchev–Trinajstić information content (AvgIpc) is 2.85. The summed E-state index contributed by atoms with van der Waals surface area (Å²) in [5.41, 5.74) is 1.40. The van der Waals surface area contributed by atoms with Crippen LogP contribution in [0.5, 0.6) is 5.75 Å². The maximum Gasteiger partial charge on any atom is 0.119 e. The Bertz CT molecular complexity index is 333. The summed E-state index contributed by atoms with van der Waals surface area (Å²) in [6.07, 6.45) is 3.62. The molecular weight excluding hydrogens is 210 g/mol. The molecule has 94 valence electrons. The predicted molar refractivity (Wildman–Crippen MR) is 71.4 cm³/mol. The van der Waals surface area contributed by atoms with E-state index in [0.717, 1.165) is 31.2 Å². The third-order valence-corrected chi connectivity index (χ3v) is 3.59. The number of hydrogen-bond donors (Lipinski definition) is 1. The van der Waals surface area contributed by atoms with E-state index < -0.39 is 0 Å². The van der Waals surface area contributed by atoms with E-state index in [-0.39, 0.29) is 0 Å². The topological polar surface area (TPSA) is 21.3 Å². The molecule has 2 atom stereocenters. The first-order valence-corrected chi connectivity index (χ1v) is 6.81. The van der Waals surface area contributed by atoms with Gasteiger partial charge in [0.25, 0.3) is 0 Å². The fraction of sp³-hybridized carbons (Fsp3) is 0.600. The molecule has 1 saturated heterocycles. The van der Waals surface area contributed by atoms with Gasteiger partial charge in [0.1, 0.15) is 5.75 Å². The highest BCUT2D eigenvalue weighted by molar-refractivity contribution is 5.30. The van der Waals surface area contributed by atoms with Crippen LogP contribution in [0.1, 0.15) is 44.7 Å². The van der Waals surface area contributed by atoms with Gasteiger partial charge in [-0.25, -0.2) is 0 Å². The van der Waals surface area contributed by atoms with Gasteiger partial charge in [0, 0.05) is 6.04 Å². The van der Waals surface area contributed by atoms with Crippen LogP contribution in [0, 0.1) is 5.92 Å². The van der Waals surface area contributed by atoms with Crippen molar-refractivity contribution in [1.29, 1.82) is 0 Å². The van der Waals surface area contributed by atoms with Crippen LogP contribution in [0.3, 0.4) is 0 Å². The van der Waals surface area contributed by atoms with Gasteiger partial charge in [0.2, 0.25) is 0 Å². The molecule has 1 aromatic rings. The predicted octanol–water partition coefficient (Wildman–Crippen LogP) is 3.54. The molecule has 0 bridgehead atoms. The van der Waals surface area contributed by atoms with Gasteiger partial charge >= 0.3 is 0 Å². The molecule has 0 spiro atoms. The number of benzene rings is 1. The molecule has 2 unspecified atom stereocenters. The van der Waals surface area contributed by atoms with Gasteiger partial charge in [-0.1, -0.05) is 32.4 Å². The van der Waals surface area contributed by atoms with Crippen LogP contribution in [-0.4, -0.2) is 13.2 Å². The van der Waals surface area contributed by atoms with Gasteiger partial charge in [-0.15, -0.1) is 0 Å². The zero-order chi connectivity index (χ0) is 12.1. The van der Waals surface area contributed by atoms with E-state index in [1.54, 1.807) is 0 Å². The molecule has 1 aliphatic heterocycles. The van der Waals surface area contributed by atoms with Crippen molar-refractivity contribution in [2.45, 2.75) is 39.2 Å². The summed E-state index contributed by atoms with van der Waals surface area (Å²) in [7, 11) is 0. The van der Waals surface area contributed by atoms with Crippen LogP contribution in [0.4, 0.5) is 0 Å². The Morgan fingerprint density at radius 1 is 1.24 bits per heavy atom. The smallest absolute Gasteiger partial charge is 0.119 e. The normalized spacial score (nSPS) is 23.9. The summed E-state index contributed by atoms with van der Waals surface area (Å²) in [4.78, 5) is 0. The Morgan fingerprint density at radius 2 is 2.00 bits per heavy atom. The van der Waals surface area contributed by atoms with Gasteiger partial charge in [-0.2, -0.15) is 0 Å². The average molecular weight is 233 g/mol. The maximum absolute atomic E-state index is 5.61. The van der Waals surface area contributed by atoms with Gasteiger partial charge < -0.3 is 10.1 Å². The van der Waals surface area contributed by atoms with Crippen LogP contribution in [0.15, 0.2) is 24.3 Å². The Kier molecular flexibility index (Phi) is 4.43. The standard InChI is InChI=1S/C15H23NO/c1-3-11-17-14-7-5-13(6-8-14)15-12(4-2)9-10-16-15/h5-8,12,15-16H,3-4,9-11H2,1-2H3. The molecule has 1 aromatic carbocycles. The lowest BCUT2D eigenvalue weighted by Crippen LogP contribution is -2.17. The Morgan fingerprint density at radius 3 is 2.65 bits per heavy atom. The third kappa shape index (κ3) is 3.01. The summed E-state index contributed by atoms with van der Waals surface area (Å²) in [5, 5.41) is 3.60. The summed E-state index contributed by atoms with van der Waals surface area (Å²) in [6, 6.07) is 9.14. The Hall–Kier alpha value is -1.02. The number of ether oxygens (including phenoxy) is 1. The van der Waals surface area contributed by atoms with E-state index in [9.17, 15) is 0 Å². The molecule has 0 aliphatic carbocycles. The quantitative estimate of drug-likeness (QED) is 0.840. The molecule has 1 heterocycles. The lowest BCUT2D eigenvalue weighted by atomic mass is 9.92. The van der Waals surface area contributed by atoms with E-state index in [1.165, 1.54) is 18.4 Å². The molecule has 2 rings (SSSR count). The molecule has 2 nitrogen and oxygen atoms in total. The highest BCUT2D eigenvalue weighted by Crippen LogP contribution is 2.32. The van der Waals surface area contributed by atoms with Crippen LogP contribution in [-0.2, 0) is 0 Å². The third-order valence-electron chi connectivity index (χ3n) is 3.59. The summed E-state index contributed by atoms with van der Waals surface area (Å²) in [5.74, 6) is 1.78. The van der Waals surface area contributed by atoms with Gasteiger partial charge in [0.05, 0.1) is 6.61 Å². The van der Waals surface area contributed by atoms with E-state index in [0.29, 0.717) is 6.04 Å². The van der Waals surface area contributed by atoms with Gasteiger partial charge in [-0.05, 0) is 43.0 Å². The molecular formula is C15H23NO. The first-order chi connectivity index (χ1) is 8.35. The van der Waals surface area contributed by atoms with E-state index >= 15 is 0 Å². The summed E-state index contributed by atoms with van der Waals surface area (Å²) in [6.45, 7) is 6.36. The van der Waals surface area contributed by atoms with Gasteiger partial charge in [0.15, 0.2) is 0 Å². The highest BCUT2D eigenvalue weighted by Gasteiger charge is 2.26. The van der Waals surface area contributed by atoms with Gasteiger partial charge in [-0.3, -0.25) is 0 Å². The van der Waals surface area contributed by atoms with E-state index in [2.05, 4.69) is 43.4 Å². The molecule has 0 amide bonds. The van der Waals surface area contributed by atoms with Crippen molar-refractivity contribution in [2.24, 2.45) is 5.92 Å². The lowest BCUT2D eigenvalue weighted by molar-refractivity contribution is 0.317. The number of nitrogens with one attached hydrogen (secondary N) is 1. The molecule has 0 saturated carbocycles. The molecule has 1 fully saturated rings. The minimum Gasteiger partial charge on any atom is -0.494 e. The summed E-state index contributed by atoms with van der Waals surface area (Å²) < 4.78 is 5.61. The minimum atomic E-state index is 0.542. The largest absolute Gasteiger partial charge is 0.494 e. The zero-order valence-corrected chi connectivity index (χ0v) is 10.9. The lowest BCUT2D eigenvalue weighted by Gasteiger charge is -2.18. The second-order valence-electron chi connectivity index (χ2n) is 4.81. The van der Waals surface area contributed by atoms with Crippen molar-refractivity contribution in [3.8, 4) is 5.75 Å². The van der Waals surface area contributed by atoms with Crippen molar-refractivity contribution in [2.75, 3.05) is 13.2 Å².